The molecule has 1 heterocycles. The molecule has 0 radical (unpaired) electrons. The maximum atomic E-state index is 12.0. The van der Waals surface area contributed by atoms with E-state index in [4.69, 9.17) is 21.1 Å². The lowest BCUT2D eigenvalue weighted by atomic mass is 9.89. The van der Waals surface area contributed by atoms with Gasteiger partial charge in [-0.05, 0) is 24.3 Å². The number of rotatable bonds is 4. The number of halogens is 1. The minimum Gasteiger partial charge on any atom is -0.490 e. The second-order valence-corrected chi connectivity index (χ2v) is 6.28. The molecule has 0 N–H and O–H groups in total. The highest BCUT2D eigenvalue weighted by Gasteiger charge is 2.30. The number of carbonyl (C=O) groups is 1. The van der Waals surface area contributed by atoms with Gasteiger partial charge < -0.3 is 9.47 Å². The monoisotopic (exact) mass is 323 g/mol. The number of aromatic nitrogens is 3. The third-order valence-corrected chi connectivity index (χ3v) is 3.28. The SMILES string of the molecule is CC(C)(C)C(COc1ccc(Cl)cc1)OC(=O)n1cncn1. The highest BCUT2D eigenvalue weighted by Crippen LogP contribution is 2.24. The number of nitrogens with zero attached hydrogens (tertiary/aromatic N) is 3. The summed E-state index contributed by atoms with van der Waals surface area (Å²) in [5, 5.41) is 4.39. The molecule has 118 valence electrons. The minimum absolute atomic E-state index is 0.228. The van der Waals surface area contributed by atoms with Gasteiger partial charge >= 0.3 is 6.09 Å². The number of benzene rings is 1. The zero-order chi connectivity index (χ0) is 16.2. The third kappa shape index (κ3) is 4.46. The molecule has 0 aliphatic carbocycles. The van der Waals surface area contributed by atoms with E-state index in [9.17, 15) is 4.79 Å². The van der Waals surface area contributed by atoms with E-state index in [1.54, 1.807) is 24.3 Å². The first-order chi connectivity index (χ1) is 10.4. The van der Waals surface area contributed by atoms with Gasteiger partial charge in [-0.2, -0.15) is 4.68 Å². The molecule has 1 atom stereocenters. The van der Waals surface area contributed by atoms with Crippen molar-refractivity contribution in [2.24, 2.45) is 5.41 Å². The van der Waals surface area contributed by atoms with Crippen molar-refractivity contribution < 1.29 is 14.3 Å². The van der Waals surface area contributed by atoms with Gasteiger partial charge in [0, 0.05) is 10.4 Å². The van der Waals surface area contributed by atoms with Crippen LogP contribution in [0.2, 0.25) is 5.02 Å². The number of carbonyl (C=O) groups excluding carboxylic acids is 1. The van der Waals surface area contributed by atoms with Crippen molar-refractivity contribution in [2.45, 2.75) is 26.9 Å². The van der Waals surface area contributed by atoms with Crippen LogP contribution in [-0.4, -0.2) is 33.6 Å². The van der Waals surface area contributed by atoms with E-state index < -0.39 is 12.2 Å². The van der Waals surface area contributed by atoms with Crippen molar-refractivity contribution in [3.8, 4) is 5.75 Å². The summed E-state index contributed by atoms with van der Waals surface area (Å²) in [5.74, 6) is 0.662. The van der Waals surface area contributed by atoms with Gasteiger partial charge in [0.25, 0.3) is 0 Å². The lowest BCUT2D eigenvalue weighted by molar-refractivity contribution is 0.000825. The fourth-order valence-electron chi connectivity index (χ4n) is 1.64. The first-order valence-electron chi connectivity index (χ1n) is 6.80. The number of hydrogen-bond acceptors (Lipinski definition) is 5. The van der Waals surface area contributed by atoms with Gasteiger partial charge in [0.2, 0.25) is 0 Å². The van der Waals surface area contributed by atoms with E-state index in [1.807, 2.05) is 20.8 Å². The molecule has 1 aromatic heterocycles. The van der Waals surface area contributed by atoms with Gasteiger partial charge in [0.1, 0.15) is 31.1 Å². The normalized spacial score (nSPS) is 12.7. The molecule has 6 nitrogen and oxygen atoms in total. The predicted octanol–water partition coefficient (Wildman–Crippen LogP) is 3.41. The second-order valence-electron chi connectivity index (χ2n) is 5.84. The number of hydrogen-bond donors (Lipinski definition) is 0. The molecule has 22 heavy (non-hydrogen) atoms. The van der Waals surface area contributed by atoms with Gasteiger partial charge in [-0.25, -0.2) is 9.78 Å². The lowest BCUT2D eigenvalue weighted by Gasteiger charge is -2.29. The van der Waals surface area contributed by atoms with E-state index in [0.29, 0.717) is 10.8 Å². The van der Waals surface area contributed by atoms with E-state index in [2.05, 4.69) is 10.1 Å². The summed E-state index contributed by atoms with van der Waals surface area (Å²) in [7, 11) is 0. The van der Waals surface area contributed by atoms with Crippen LogP contribution in [0.5, 0.6) is 5.75 Å². The van der Waals surface area contributed by atoms with E-state index in [-0.39, 0.29) is 12.0 Å². The van der Waals surface area contributed by atoms with Crippen LogP contribution in [0.15, 0.2) is 36.9 Å². The van der Waals surface area contributed by atoms with Crippen LogP contribution >= 0.6 is 11.6 Å². The maximum Gasteiger partial charge on any atom is 0.436 e. The molecular formula is C15H18ClN3O3. The first kappa shape index (κ1) is 16.3. The van der Waals surface area contributed by atoms with Crippen LogP contribution in [0.3, 0.4) is 0 Å². The summed E-state index contributed by atoms with van der Waals surface area (Å²) < 4.78 is 12.2. The standard InChI is InChI=1S/C15H18ClN3O3/c1-15(2,3)13(22-14(20)19-10-17-9-18-19)8-21-12-6-4-11(16)5-7-12/h4-7,9-10,13H,8H2,1-3H3. The Morgan fingerprint density at radius 2 is 2.00 bits per heavy atom. The van der Waals surface area contributed by atoms with E-state index in [1.165, 1.54) is 12.7 Å². The van der Waals surface area contributed by atoms with Crippen molar-refractivity contribution in [2.75, 3.05) is 6.61 Å². The summed E-state index contributed by atoms with van der Waals surface area (Å²) >= 11 is 5.83. The average molecular weight is 324 g/mol. The van der Waals surface area contributed by atoms with Gasteiger partial charge in [0.15, 0.2) is 0 Å². The fraction of sp³-hybridized carbons (Fsp3) is 0.400. The lowest BCUT2D eigenvalue weighted by Crippen LogP contribution is -2.38. The Morgan fingerprint density at radius 1 is 1.32 bits per heavy atom. The van der Waals surface area contributed by atoms with Crippen LogP contribution in [0.25, 0.3) is 0 Å². The quantitative estimate of drug-likeness (QED) is 0.862. The number of ether oxygens (including phenoxy) is 2. The van der Waals surface area contributed by atoms with E-state index >= 15 is 0 Å². The Bertz CT molecular complexity index is 606. The van der Waals surface area contributed by atoms with E-state index in [0.717, 1.165) is 4.68 Å². The Labute approximate surface area is 134 Å². The van der Waals surface area contributed by atoms with Gasteiger partial charge in [-0.1, -0.05) is 32.4 Å². The van der Waals surface area contributed by atoms with Gasteiger partial charge in [0.05, 0.1) is 0 Å². The molecule has 1 aromatic carbocycles. The molecule has 2 aromatic rings. The Kier molecular flexibility index (Phi) is 5.03. The second kappa shape index (κ2) is 6.79. The molecule has 2 rings (SSSR count). The van der Waals surface area contributed by atoms with Crippen molar-refractivity contribution in [3.05, 3.63) is 41.9 Å². The molecule has 0 aliphatic rings. The van der Waals surface area contributed by atoms with Crippen LogP contribution in [0.1, 0.15) is 20.8 Å². The molecule has 1 unspecified atom stereocenters. The molecule has 0 fully saturated rings. The molecule has 7 heteroatoms. The molecule has 0 saturated carbocycles. The average Bonchev–Trinajstić information content (AvgIpc) is 2.98. The van der Waals surface area contributed by atoms with Gasteiger partial charge in [-0.3, -0.25) is 0 Å². The predicted molar refractivity (Wildman–Crippen MR) is 82.1 cm³/mol. The summed E-state index contributed by atoms with van der Waals surface area (Å²) in [5.41, 5.74) is -0.289. The summed E-state index contributed by atoms with van der Waals surface area (Å²) in [6.07, 6.45) is 1.54. The minimum atomic E-state index is -0.586. The fourth-order valence-corrected chi connectivity index (χ4v) is 1.77. The summed E-state index contributed by atoms with van der Waals surface area (Å²) in [4.78, 5) is 15.7. The van der Waals surface area contributed by atoms with Crippen molar-refractivity contribution in [3.63, 3.8) is 0 Å². The summed E-state index contributed by atoms with van der Waals surface area (Å²) in [6.45, 7) is 6.14. The van der Waals surface area contributed by atoms with Crippen LogP contribution in [-0.2, 0) is 4.74 Å². The molecule has 0 bridgehead atoms. The Balaban J connectivity index is 2.00. The maximum absolute atomic E-state index is 12.0. The topological polar surface area (TPSA) is 66.2 Å². The smallest absolute Gasteiger partial charge is 0.436 e. The highest BCUT2D eigenvalue weighted by molar-refractivity contribution is 6.30. The zero-order valence-corrected chi connectivity index (χ0v) is 13.4. The van der Waals surface area contributed by atoms with Crippen molar-refractivity contribution in [1.29, 1.82) is 0 Å². The third-order valence-electron chi connectivity index (χ3n) is 3.03. The van der Waals surface area contributed by atoms with Crippen LogP contribution in [0.4, 0.5) is 4.79 Å². The molecule has 0 saturated heterocycles. The summed E-state index contributed by atoms with van der Waals surface area (Å²) in [6, 6.07) is 7.01. The molecule has 0 aliphatic heterocycles. The largest absolute Gasteiger partial charge is 0.490 e. The highest BCUT2D eigenvalue weighted by atomic mass is 35.5. The van der Waals surface area contributed by atoms with Crippen molar-refractivity contribution in [1.82, 2.24) is 14.8 Å². The van der Waals surface area contributed by atoms with Crippen LogP contribution < -0.4 is 4.74 Å². The van der Waals surface area contributed by atoms with Crippen LogP contribution in [0, 0.1) is 5.41 Å². The zero-order valence-electron chi connectivity index (χ0n) is 12.7. The first-order valence-corrected chi connectivity index (χ1v) is 7.18. The molecule has 0 amide bonds. The molecular weight excluding hydrogens is 306 g/mol. The Hall–Kier alpha value is -2.08. The van der Waals surface area contributed by atoms with Gasteiger partial charge in [-0.15, -0.1) is 5.10 Å². The molecule has 0 spiro atoms. The van der Waals surface area contributed by atoms with Crippen molar-refractivity contribution >= 4 is 17.7 Å². The Morgan fingerprint density at radius 3 is 2.55 bits per heavy atom.